The number of halogens is 2. The number of nitrogens with zero attached hydrogens (tertiary/aromatic N) is 1. The average molecular weight is 297 g/mol. The minimum absolute atomic E-state index is 0.342. The molecule has 2 rings (SSSR count). The molecule has 0 amide bonds. The number of hydrogen-bond donors (Lipinski definition) is 1. The molecule has 1 aromatic carbocycles. The maximum absolute atomic E-state index is 13.5. The van der Waals surface area contributed by atoms with Crippen LogP contribution in [0.3, 0.4) is 0 Å². The Morgan fingerprint density at radius 2 is 2.12 bits per heavy atom. The van der Waals surface area contributed by atoms with Crippen molar-refractivity contribution < 1.29 is 9.13 Å². The number of hydrogen-bond acceptors (Lipinski definition) is 3. The smallest absolute Gasteiger partial charge is 0.146 e. The molecule has 0 aliphatic carbocycles. The van der Waals surface area contributed by atoms with Crippen molar-refractivity contribution in [3.8, 4) is 5.75 Å². The first kappa shape index (κ1) is 11.9. The summed E-state index contributed by atoms with van der Waals surface area (Å²) in [6.07, 6.45) is 3.27. The Hall–Kier alpha value is -1.62. The van der Waals surface area contributed by atoms with E-state index in [0.29, 0.717) is 17.1 Å². The van der Waals surface area contributed by atoms with Crippen LogP contribution in [0.4, 0.5) is 15.8 Å². The van der Waals surface area contributed by atoms with Gasteiger partial charge in [-0.2, -0.15) is 0 Å². The van der Waals surface area contributed by atoms with Gasteiger partial charge in [0, 0.05) is 16.7 Å². The van der Waals surface area contributed by atoms with Crippen LogP contribution in [0.5, 0.6) is 5.75 Å². The van der Waals surface area contributed by atoms with Gasteiger partial charge in [-0.05, 0) is 34.1 Å². The van der Waals surface area contributed by atoms with Crippen LogP contribution < -0.4 is 10.1 Å². The molecule has 1 aromatic heterocycles. The Labute approximate surface area is 107 Å². The van der Waals surface area contributed by atoms with Gasteiger partial charge < -0.3 is 10.1 Å². The minimum atomic E-state index is -0.342. The summed E-state index contributed by atoms with van der Waals surface area (Å²) >= 11 is 3.30. The Bertz CT molecular complexity index is 534. The summed E-state index contributed by atoms with van der Waals surface area (Å²) in [6, 6.07) is 6.33. The van der Waals surface area contributed by atoms with Crippen LogP contribution in [0.1, 0.15) is 0 Å². The van der Waals surface area contributed by atoms with Crippen LogP contribution in [-0.2, 0) is 0 Å². The third-order valence-electron chi connectivity index (χ3n) is 2.16. The quantitative estimate of drug-likeness (QED) is 0.937. The second kappa shape index (κ2) is 5.14. The van der Waals surface area contributed by atoms with Crippen molar-refractivity contribution in [3.05, 3.63) is 46.9 Å². The van der Waals surface area contributed by atoms with Crippen molar-refractivity contribution >= 4 is 27.3 Å². The molecule has 0 radical (unpaired) electrons. The van der Waals surface area contributed by atoms with E-state index in [1.54, 1.807) is 24.5 Å². The van der Waals surface area contributed by atoms with Crippen molar-refractivity contribution in [3.63, 3.8) is 0 Å². The molecule has 0 spiro atoms. The lowest BCUT2D eigenvalue weighted by molar-refractivity contribution is 0.414. The zero-order valence-electron chi connectivity index (χ0n) is 9.08. The number of anilines is 2. The van der Waals surface area contributed by atoms with Gasteiger partial charge in [0.05, 0.1) is 24.7 Å². The minimum Gasteiger partial charge on any atom is -0.497 e. The number of pyridine rings is 1. The monoisotopic (exact) mass is 296 g/mol. The summed E-state index contributed by atoms with van der Waals surface area (Å²) in [5.41, 5.74) is 1.05. The summed E-state index contributed by atoms with van der Waals surface area (Å²) in [4.78, 5) is 3.99. The molecule has 3 nitrogen and oxygen atoms in total. The van der Waals surface area contributed by atoms with Gasteiger partial charge in [0.2, 0.25) is 0 Å². The fraction of sp³-hybridized carbons (Fsp3) is 0.0833. The molecule has 0 unspecified atom stereocenters. The number of ether oxygens (including phenoxy) is 1. The number of benzene rings is 1. The topological polar surface area (TPSA) is 34.1 Å². The highest BCUT2D eigenvalue weighted by Crippen LogP contribution is 2.25. The molecule has 17 heavy (non-hydrogen) atoms. The molecule has 1 heterocycles. The van der Waals surface area contributed by atoms with Crippen molar-refractivity contribution in [2.75, 3.05) is 12.4 Å². The van der Waals surface area contributed by atoms with E-state index in [9.17, 15) is 4.39 Å². The molecule has 0 atom stereocenters. The molecule has 0 saturated heterocycles. The van der Waals surface area contributed by atoms with Crippen molar-refractivity contribution in [2.45, 2.75) is 0 Å². The number of rotatable bonds is 3. The summed E-state index contributed by atoms with van der Waals surface area (Å²) in [5.74, 6) is 0.252. The number of aromatic nitrogens is 1. The standard InChI is InChI=1S/C12H10BrFN2O/c1-17-10-2-3-11(14)12(5-10)16-9-4-8(13)6-15-7-9/h2-7,16H,1H3. The summed E-state index contributed by atoms with van der Waals surface area (Å²) in [7, 11) is 1.54. The van der Waals surface area contributed by atoms with Crippen LogP contribution in [0.25, 0.3) is 0 Å². The third-order valence-corrected chi connectivity index (χ3v) is 2.59. The van der Waals surface area contributed by atoms with E-state index in [4.69, 9.17) is 4.74 Å². The summed E-state index contributed by atoms with van der Waals surface area (Å²) in [5, 5.41) is 2.94. The Balaban J connectivity index is 2.29. The van der Waals surface area contributed by atoms with Gasteiger partial charge in [0.25, 0.3) is 0 Å². The molecule has 2 aromatic rings. The fourth-order valence-electron chi connectivity index (χ4n) is 1.36. The van der Waals surface area contributed by atoms with Crippen molar-refractivity contribution in [1.82, 2.24) is 4.98 Å². The van der Waals surface area contributed by atoms with E-state index in [0.717, 1.165) is 4.47 Å². The molecule has 0 aliphatic heterocycles. The van der Waals surface area contributed by atoms with Crippen molar-refractivity contribution in [2.24, 2.45) is 0 Å². The first-order valence-corrected chi connectivity index (χ1v) is 5.69. The molecule has 88 valence electrons. The van der Waals surface area contributed by atoms with E-state index in [-0.39, 0.29) is 5.82 Å². The van der Waals surface area contributed by atoms with Gasteiger partial charge in [-0.1, -0.05) is 0 Å². The first-order chi connectivity index (χ1) is 8.19. The van der Waals surface area contributed by atoms with Gasteiger partial charge in [-0.25, -0.2) is 4.39 Å². The first-order valence-electron chi connectivity index (χ1n) is 4.90. The highest BCUT2D eigenvalue weighted by Gasteiger charge is 2.04. The average Bonchev–Trinajstić information content (AvgIpc) is 2.32. The predicted octanol–water partition coefficient (Wildman–Crippen LogP) is 3.74. The van der Waals surface area contributed by atoms with E-state index >= 15 is 0 Å². The van der Waals surface area contributed by atoms with Gasteiger partial charge in [0.1, 0.15) is 11.6 Å². The Kier molecular flexibility index (Phi) is 3.58. The molecular weight excluding hydrogens is 287 g/mol. The lowest BCUT2D eigenvalue weighted by Gasteiger charge is -2.09. The van der Waals surface area contributed by atoms with Crippen LogP contribution in [0.2, 0.25) is 0 Å². The molecule has 0 aliphatic rings. The van der Waals surface area contributed by atoms with Crippen LogP contribution >= 0.6 is 15.9 Å². The second-order valence-electron chi connectivity index (χ2n) is 3.36. The van der Waals surface area contributed by atoms with Crippen LogP contribution in [-0.4, -0.2) is 12.1 Å². The maximum atomic E-state index is 13.5. The SMILES string of the molecule is COc1ccc(F)c(Nc2cncc(Br)c2)c1. The lowest BCUT2D eigenvalue weighted by Crippen LogP contribution is -1.95. The normalized spacial score (nSPS) is 10.1. The highest BCUT2D eigenvalue weighted by atomic mass is 79.9. The second-order valence-corrected chi connectivity index (χ2v) is 4.28. The van der Waals surface area contributed by atoms with Gasteiger partial charge in [-0.3, -0.25) is 4.98 Å². The van der Waals surface area contributed by atoms with Gasteiger partial charge in [0.15, 0.2) is 0 Å². The van der Waals surface area contributed by atoms with E-state index in [1.807, 2.05) is 6.07 Å². The molecular formula is C12H10BrFN2O. The fourth-order valence-corrected chi connectivity index (χ4v) is 1.73. The number of methoxy groups -OCH3 is 1. The highest BCUT2D eigenvalue weighted by molar-refractivity contribution is 9.10. The Morgan fingerprint density at radius 1 is 1.29 bits per heavy atom. The van der Waals surface area contributed by atoms with Crippen LogP contribution in [0, 0.1) is 5.82 Å². The zero-order chi connectivity index (χ0) is 12.3. The van der Waals surface area contributed by atoms with E-state index < -0.39 is 0 Å². The third kappa shape index (κ3) is 2.94. The number of nitrogens with one attached hydrogen (secondary N) is 1. The molecule has 0 bridgehead atoms. The lowest BCUT2D eigenvalue weighted by atomic mass is 10.2. The molecule has 0 saturated carbocycles. The predicted molar refractivity (Wildman–Crippen MR) is 68.2 cm³/mol. The molecule has 5 heteroatoms. The zero-order valence-corrected chi connectivity index (χ0v) is 10.7. The van der Waals surface area contributed by atoms with Crippen molar-refractivity contribution in [1.29, 1.82) is 0 Å². The van der Waals surface area contributed by atoms with Gasteiger partial charge >= 0.3 is 0 Å². The van der Waals surface area contributed by atoms with E-state index in [2.05, 4.69) is 26.2 Å². The van der Waals surface area contributed by atoms with Gasteiger partial charge in [-0.15, -0.1) is 0 Å². The van der Waals surface area contributed by atoms with Crippen LogP contribution in [0.15, 0.2) is 41.1 Å². The summed E-state index contributed by atoms with van der Waals surface area (Å²) in [6.45, 7) is 0. The summed E-state index contributed by atoms with van der Waals surface area (Å²) < 4.78 is 19.4. The molecule has 0 fully saturated rings. The maximum Gasteiger partial charge on any atom is 0.146 e. The van der Waals surface area contributed by atoms with E-state index in [1.165, 1.54) is 13.2 Å². The largest absolute Gasteiger partial charge is 0.497 e. The Morgan fingerprint density at radius 3 is 2.82 bits per heavy atom. The molecule has 1 N–H and O–H groups in total.